The van der Waals surface area contributed by atoms with Crippen molar-refractivity contribution < 1.29 is 9.59 Å². The van der Waals surface area contributed by atoms with Gasteiger partial charge in [-0.3, -0.25) is 9.59 Å². The van der Waals surface area contributed by atoms with Gasteiger partial charge in [-0.1, -0.05) is 27.7 Å². The smallest absolute Gasteiger partial charge is 0.270 e. The van der Waals surface area contributed by atoms with Gasteiger partial charge in [0.2, 0.25) is 5.91 Å². The highest BCUT2D eigenvalue weighted by Gasteiger charge is 2.33. The molecule has 0 spiro atoms. The molecule has 0 atom stereocenters. The number of nitrogens with one attached hydrogen (secondary N) is 1. The molecule has 1 aliphatic carbocycles. The Bertz CT molecular complexity index is 550. The summed E-state index contributed by atoms with van der Waals surface area (Å²) in [7, 11) is 0. The van der Waals surface area contributed by atoms with E-state index >= 15 is 0 Å². The van der Waals surface area contributed by atoms with Gasteiger partial charge in [-0.05, 0) is 24.7 Å². The summed E-state index contributed by atoms with van der Waals surface area (Å²) in [6.45, 7) is 10.2. The lowest BCUT2D eigenvalue weighted by Gasteiger charge is -2.23. The van der Waals surface area contributed by atoms with Gasteiger partial charge < -0.3 is 10.2 Å². The lowest BCUT2D eigenvalue weighted by Crippen LogP contribution is -2.34. The zero-order chi connectivity index (χ0) is 17.0. The molecule has 2 amide bonds. The average molecular weight is 337 g/mol. The molecule has 1 fully saturated rings. The Balaban J connectivity index is 1.97. The summed E-state index contributed by atoms with van der Waals surface area (Å²) in [5.41, 5.74) is 0.453. The van der Waals surface area contributed by atoms with Crippen LogP contribution < -0.4 is 5.32 Å². The van der Waals surface area contributed by atoms with Gasteiger partial charge in [-0.15, -0.1) is 11.3 Å². The third-order valence-corrected chi connectivity index (χ3v) is 4.44. The normalized spacial score (nSPS) is 14.3. The first-order chi connectivity index (χ1) is 10.9. The minimum Gasteiger partial charge on any atom is -0.350 e. The zero-order valence-corrected chi connectivity index (χ0v) is 15.3. The highest BCUT2D eigenvalue weighted by atomic mass is 32.1. The predicted molar refractivity (Wildman–Crippen MR) is 92.3 cm³/mol. The van der Waals surface area contributed by atoms with Crippen molar-refractivity contribution in [3.05, 3.63) is 16.1 Å². The van der Waals surface area contributed by atoms with Crippen LogP contribution in [0.1, 0.15) is 56.0 Å². The van der Waals surface area contributed by atoms with E-state index in [1.807, 2.05) is 4.90 Å². The molecule has 1 aliphatic rings. The van der Waals surface area contributed by atoms with Crippen LogP contribution in [0.2, 0.25) is 0 Å². The quantitative estimate of drug-likeness (QED) is 0.793. The van der Waals surface area contributed by atoms with Gasteiger partial charge in [0.15, 0.2) is 0 Å². The van der Waals surface area contributed by atoms with Crippen molar-refractivity contribution in [2.75, 3.05) is 13.1 Å². The van der Waals surface area contributed by atoms with E-state index in [4.69, 9.17) is 0 Å². The van der Waals surface area contributed by atoms with Gasteiger partial charge in [0.05, 0.1) is 6.54 Å². The fourth-order valence-electron chi connectivity index (χ4n) is 2.30. The van der Waals surface area contributed by atoms with Crippen LogP contribution in [-0.4, -0.2) is 34.8 Å². The monoisotopic (exact) mass is 337 g/mol. The van der Waals surface area contributed by atoms with Crippen LogP contribution in [-0.2, 0) is 11.3 Å². The molecule has 0 bridgehead atoms. The van der Waals surface area contributed by atoms with Crippen LogP contribution in [0.5, 0.6) is 0 Å². The number of rotatable bonds is 8. The molecule has 6 heteroatoms. The van der Waals surface area contributed by atoms with E-state index in [1.54, 1.807) is 5.38 Å². The minimum absolute atomic E-state index is 0.134. The molecule has 1 aromatic heterocycles. The standard InChI is InChI=1S/C17H27N3O2S/c1-11(2)7-18-16(21)14-10-23-15(19-14)9-20(8-12(3)4)17(22)13-5-6-13/h10-13H,5-9H2,1-4H3,(H,18,21). The number of carbonyl (C=O) groups is 2. The molecule has 128 valence electrons. The number of aromatic nitrogens is 1. The van der Waals surface area contributed by atoms with Gasteiger partial charge in [-0.2, -0.15) is 0 Å². The van der Waals surface area contributed by atoms with Crippen LogP contribution in [0.3, 0.4) is 0 Å². The number of carbonyl (C=O) groups excluding carboxylic acids is 2. The molecule has 1 heterocycles. The number of nitrogens with zero attached hydrogens (tertiary/aromatic N) is 2. The van der Waals surface area contributed by atoms with Crippen molar-refractivity contribution in [1.29, 1.82) is 0 Å². The van der Waals surface area contributed by atoms with E-state index in [2.05, 4.69) is 38.0 Å². The van der Waals surface area contributed by atoms with E-state index in [9.17, 15) is 9.59 Å². The third-order valence-electron chi connectivity index (χ3n) is 3.61. The van der Waals surface area contributed by atoms with Crippen molar-refractivity contribution in [3.8, 4) is 0 Å². The van der Waals surface area contributed by atoms with E-state index in [0.29, 0.717) is 30.6 Å². The summed E-state index contributed by atoms with van der Waals surface area (Å²) >= 11 is 1.45. The summed E-state index contributed by atoms with van der Waals surface area (Å²) in [4.78, 5) is 30.7. The molecule has 1 aromatic rings. The SMILES string of the molecule is CC(C)CNC(=O)c1csc(CN(CC(C)C)C(=O)C2CC2)n1. The molecule has 1 saturated carbocycles. The minimum atomic E-state index is -0.134. The summed E-state index contributed by atoms with van der Waals surface area (Å²) in [6, 6.07) is 0. The van der Waals surface area contributed by atoms with Gasteiger partial charge >= 0.3 is 0 Å². The van der Waals surface area contributed by atoms with Gasteiger partial charge in [-0.25, -0.2) is 4.98 Å². The van der Waals surface area contributed by atoms with Crippen LogP contribution in [0.25, 0.3) is 0 Å². The molecule has 0 aromatic carbocycles. The van der Waals surface area contributed by atoms with Crippen molar-refractivity contribution in [2.24, 2.45) is 17.8 Å². The summed E-state index contributed by atoms with van der Waals surface area (Å²) in [5.74, 6) is 1.15. The highest BCUT2D eigenvalue weighted by Crippen LogP contribution is 2.32. The Morgan fingerprint density at radius 3 is 2.57 bits per heavy atom. The number of thiazole rings is 1. The third kappa shape index (κ3) is 5.61. The maximum atomic E-state index is 12.4. The molecule has 5 nitrogen and oxygen atoms in total. The number of hydrogen-bond acceptors (Lipinski definition) is 4. The Kier molecular flexibility index (Phi) is 6.16. The van der Waals surface area contributed by atoms with Crippen LogP contribution in [0.15, 0.2) is 5.38 Å². The van der Waals surface area contributed by atoms with Gasteiger partial charge in [0.1, 0.15) is 10.7 Å². The Labute approximate surface area is 142 Å². The molecule has 0 unspecified atom stereocenters. The first-order valence-corrected chi connectivity index (χ1v) is 9.26. The number of amides is 2. The zero-order valence-electron chi connectivity index (χ0n) is 14.5. The second-order valence-electron chi connectivity index (χ2n) is 7.12. The van der Waals surface area contributed by atoms with Crippen molar-refractivity contribution in [1.82, 2.24) is 15.2 Å². The second-order valence-corrected chi connectivity index (χ2v) is 8.06. The molecule has 0 aliphatic heterocycles. The summed E-state index contributed by atoms with van der Waals surface area (Å²) in [5, 5.41) is 5.48. The van der Waals surface area contributed by atoms with Crippen molar-refractivity contribution >= 4 is 23.2 Å². The van der Waals surface area contributed by atoms with Crippen molar-refractivity contribution in [2.45, 2.75) is 47.1 Å². The fraction of sp³-hybridized carbons (Fsp3) is 0.706. The molecule has 2 rings (SSSR count). The van der Waals surface area contributed by atoms with E-state index in [-0.39, 0.29) is 17.7 Å². The Morgan fingerprint density at radius 1 is 1.30 bits per heavy atom. The second kappa shape index (κ2) is 7.90. The molecular weight excluding hydrogens is 310 g/mol. The maximum absolute atomic E-state index is 12.4. The lowest BCUT2D eigenvalue weighted by atomic mass is 10.2. The maximum Gasteiger partial charge on any atom is 0.270 e. The topological polar surface area (TPSA) is 62.3 Å². The first kappa shape index (κ1) is 17.9. The molecule has 0 radical (unpaired) electrons. The van der Waals surface area contributed by atoms with Crippen LogP contribution in [0, 0.1) is 17.8 Å². The molecule has 0 saturated heterocycles. The largest absolute Gasteiger partial charge is 0.350 e. The highest BCUT2D eigenvalue weighted by molar-refractivity contribution is 7.09. The van der Waals surface area contributed by atoms with Crippen LogP contribution in [0.4, 0.5) is 0 Å². The van der Waals surface area contributed by atoms with Crippen molar-refractivity contribution in [3.63, 3.8) is 0 Å². The van der Waals surface area contributed by atoms with Crippen LogP contribution >= 0.6 is 11.3 Å². The summed E-state index contributed by atoms with van der Waals surface area (Å²) < 4.78 is 0. The molecule has 23 heavy (non-hydrogen) atoms. The van der Waals surface area contributed by atoms with Gasteiger partial charge in [0.25, 0.3) is 5.91 Å². The predicted octanol–water partition coefficient (Wildman–Crippen LogP) is 2.92. The van der Waals surface area contributed by atoms with E-state index in [0.717, 1.165) is 24.4 Å². The Hall–Kier alpha value is -1.43. The van der Waals surface area contributed by atoms with E-state index in [1.165, 1.54) is 11.3 Å². The summed E-state index contributed by atoms with van der Waals surface area (Å²) in [6.07, 6.45) is 2.02. The number of hydrogen-bond donors (Lipinski definition) is 1. The van der Waals surface area contributed by atoms with Gasteiger partial charge in [0, 0.05) is 24.4 Å². The fourth-order valence-corrected chi connectivity index (χ4v) is 3.09. The lowest BCUT2D eigenvalue weighted by molar-refractivity contribution is -0.133. The molecule has 1 N–H and O–H groups in total. The molecular formula is C17H27N3O2S. The Morgan fingerprint density at radius 2 is 2.00 bits per heavy atom. The average Bonchev–Trinajstić information content (AvgIpc) is 3.22. The first-order valence-electron chi connectivity index (χ1n) is 8.38. The van der Waals surface area contributed by atoms with E-state index < -0.39 is 0 Å².